The number of aliphatic carboxylic acids is 1. The maximum Gasteiger partial charge on any atom is 0.313 e. The zero-order chi connectivity index (χ0) is 18.3. The van der Waals surface area contributed by atoms with E-state index in [2.05, 4.69) is 9.88 Å². The highest BCUT2D eigenvalue weighted by Gasteiger charge is 2.59. The van der Waals surface area contributed by atoms with Crippen molar-refractivity contribution in [1.82, 2.24) is 14.8 Å². The molecule has 1 N–H and O–H groups in total. The Kier molecular flexibility index (Phi) is 4.47. The molecule has 1 amide bonds. The van der Waals surface area contributed by atoms with Gasteiger partial charge >= 0.3 is 5.97 Å². The molecule has 0 radical (unpaired) electrons. The standard InChI is InChI=1S/C20H27N3O3/c1-14-6-5-9-17(21-14)18(24)23-11-15-10-22(16-7-3-2-4-8-16)12-20(15,13-23)19(25)26/h5-6,9,15-16H,2-4,7-8,10-13H2,1H3,(H,25,26)/t15-,20-/m1/s1. The third-order valence-electron chi connectivity index (χ3n) is 6.55. The Bertz CT molecular complexity index is 716. The van der Waals surface area contributed by atoms with Crippen LogP contribution in [0.3, 0.4) is 0 Å². The summed E-state index contributed by atoms with van der Waals surface area (Å²) in [7, 11) is 0. The van der Waals surface area contributed by atoms with E-state index in [1.165, 1.54) is 32.1 Å². The quantitative estimate of drug-likeness (QED) is 0.898. The zero-order valence-electron chi connectivity index (χ0n) is 15.4. The number of rotatable bonds is 3. The lowest BCUT2D eigenvalue weighted by Gasteiger charge is -2.33. The predicted molar refractivity (Wildman–Crippen MR) is 96.9 cm³/mol. The monoisotopic (exact) mass is 357 g/mol. The van der Waals surface area contributed by atoms with Crippen LogP contribution < -0.4 is 0 Å². The van der Waals surface area contributed by atoms with Gasteiger partial charge in [0, 0.05) is 43.8 Å². The van der Waals surface area contributed by atoms with E-state index in [0.717, 1.165) is 12.2 Å². The summed E-state index contributed by atoms with van der Waals surface area (Å²) >= 11 is 0. The van der Waals surface area contributed by atoms with Crippen LogP contribution in [0.2, 0.25) is 0 Å². The SMILES string of the molecule is Cc1cccc(C(=O)N2C[C@H]3CN(C4CCCCC4)C[C@@]3(C(=O)O)C2)n1. The Labute approximate surface area is 154 Å². The Morgan fingerprint density at radius 3 is 2.58 bits per heavy atom. The van der Waals surface area contributed by atoms with Gasteiger partial charge in [-0.3, -0.25) is 14.5 Å². The normalized spacial score (nSPS) is 29.7. The number of carboxylic acid groups (broad SMARTS) is 1. The van der Waals surface area contributed by atoms with Crippen LogP contribution in [-0.4, -0.2) is 64.0 Å². The van der Waals surface area contributed by atoms with Crippen LogP contribution in [0.15, 0.2) is 18.2 Å². The van der Waals surface area contributed by atoms with E-state index in [0.29, 0.717) is 31.4 Å². The molecule has 3 fully saturated rings. The van der Waals surface area contributed by atoms with Gasteiger partial charge in [-0.15, -0.1) is 0 Å². The van der Waals surface area contributed by atoms with Crippen molar-refractivity contribution in [2.45, 2.75) is 45.1 Å². The highest BCUT2D eigenvalue weighted by molar-refractivity contribution is 5.93. The topological polar surface area (TPSA) is 73.7 Å². The summed E-state index contributed by atoms with van der Waals surface area (Å²) in [4.78, 5) is 33.5. The van der Waals surface area contributed by atoms with E-state index in [1.807, 2.05) is 19.1 Å². The van der Waals surface area contributed by atoms with E-state index in [-0.39, 0.29) is 11.8 Å². The van der Waals surface area contributed by atoms with Crippen LogP contribution in [0, 0.1) is 18.3 Å². The van der Waals surface area contributed by atoms with Crippen LogP contribution in [-0.2, 0) is 4.79 Å². The van der Waals surface area contributed by atoms with E-state index < -0.39 is 11.4 Å². The molecule has 0 unspecified atom stereocenters. The van der Waals surface area contributed by atoms with Crippen molar-refractivity contribution in [3.05, 3.63) is 29.6 Å². The van der Waals surface area contributed by atoms with Gasteiger partial charge < -0.3 is 10.0 Å². The first-order chi connectivity index (χ1) is 12.5. The van der Waals surface area contributed by atoms with Gasteiger partial charge in [-0.25, -0.2) is 4.98 Å². The summed E-state index contributed by atoms with van der Waals surface area (Å²) in [6.45, 7) is 4.04. The number of carbonyl (C=O) groups is 2. The van der Waals surface area contributed by atoms with Crippen LogP contribution in [0.4, 0.5) is 0 Å². The molecular weight excluding hydrogens is 330 g/mol. The van der Waals surface area contributed by atoms with E-state index >= 15 is 0 Å². The molecule has 2 atom stereocenters. The van der Waals surface area contributed by atoms with Crippen molar-refractivity contribution in [3.63, 3.8) is 0 Å². The number of fused-ring (bicyclic) bond motifs is 1. The number of aryl methyl sites for hydroxylation is 1. The molecule has 2 saturated heterocycles. The van der Waals surface area contributed by atoms with Gasteiger partial charge in [-0.2, -0.15) is 0 Å². The smallest absolute Gasteiger partial charge is 0.313 e. The summed E-state index contributed by atoms with van der Waals surface area (Å²) in [6, 6.07) is 5.92. The molecule has 0 bridgehead atoms. The number of nitrogens with zero attached hydrogens (tertiary/aromatic N) is 3. The van der Waals surface area contributed by atoms with Crippen molar-refractivity contribution in [1.29, 1.82) is 0 Å². The molecule has 3 heterocycles. The minimum atomic E-state index is -0.822. The molecule has 2 aliphatic heterocycles. The number of pyridine rings is 1. The molecule has 1 aromatic rings. The minimum absolute atomic E-state index is 0.00989. The molecule has 1 aromatic heterocycles. The molecule has 0 spiro atoms. The molecule has 4 rings (SSSR count). The number of hydrogen-bond acceptors (Lipinski definition) is 4. The van der Waals surface area contributed by atoms with Crippen LogP contribution >= 0.6 is 0 Å². The third kappa shape index (κ3) is 2.90. The van der Waals surface area contributed by atoms with E-state index in [1.54, 1.807) is 11.0 Å². The second-order valence-corrected chi connectivity index (χ2v) is 8.23. The van der Waals surface area contributed by atoms with Crippen molar-refractivity contribution in [3.8, 4) is 0 Å². The van der Waals surface area contributed by atoms with Gasteiger partial charge in [-0.1, -0.05) is 25.3 Å². The summed E-state index contributed by atoms with van der Waals surface area (Å²) in [6.07, 6.45) is 6.14. The van der Waals surface area contributed by atoms with Gasteiger partial charge in [0.1, 0.15) is 11.1 Å². The molecular formula is C20H27N3O3. The average molecular weight is 357 g/mol. The summed E-state index contributed by atoms with van der Waals surface area (Å²) in [5.74, 6) is -0.892. The lowest BCUT2D eigenvalue weighted by Crippen LogP contribution is -2.44. The molecule has 1 aliphatic carbocycles. The predicted octanol–water partition coefficient (Wildman–Crippen LogP) is 2.18. The van der Waals surface area contributed by atoms with Crippen molar-refractivity contribution in [2.24, 2.45) is 11.3 Å². The molecule has 0 aromatic carbocycles. The fourth-order valence-electron chi connectivity index (χ4n) is 5.11. The largest absolute Gasteiger partial charge is 0.481 e. The fraction of sp³-hybridized carbons (Fsp3) is 0.650. The van der Waals surface area contributed by atoms with Crippen molar-refractivity contribution < 1.29 is 14.7 Å². The first-order valence-electron chi connectivity index (χ1n) is 9.70. The summed E-state index contributed by atoms with van der Waals surface area (Å²) in [5.41, 5.74) is 0.387. The molecule has 1 saturated carbocycles. The lowest BCUT2D eigenvalue weighted by atomic mass is 9.81. The van der Waals surface area contributed by atoms with Gasteiger partial charge in [0.15, 0.2) is 0 Å². The van der Waals surface area contributed by atoms with Crippen molar-refractivity contribution in [2.75, 3.05) is 26.2 Å². The number of hydrogen-bond donors (Lipinski definition) is 1. The Morgan fingerprint density at radius 1 is 1.15 bits per heavy atom. The molecule has 3 aliphatic rings. The zero-order valence-corrected chi connectivity index (χ0v) is 15.4. The van der Waals surface area contributed by atoms with E-state index in [9.17, 15) is 14.7 Å². The average Bonchev–Trinajstić information content (AvgIpc) is 3.17. The number of amides is 1. The van der Waals surface area contributed by atoms with Crippen LogP contribution in [0.5, 0.6) is 0 Å². The van der Waals surface area contributed by atoms with Crippen LogP contribution in [0.1, 0.15) is 48.3 Å². The maximum absolute atomic E-state index is 12.8. The van der Waals surface area contributed by atoms with Gasteiger partial charge in [0.05, 0.1) is 0 Å². The third-order valence-corrected chi connectivity index (χ3v) is 6.55. The van der Waals surface area contributed by atoms with Gasteiger partial charge in [0.25, 0.3) is 5.91 Å². The Hall–Kier alpha value is -1.95. The highest BCUT2D eigenvalue weighted by Crippen LogP contribution is 2.45. The highest BCUT2D eigenvalue weighted by atomic mass is 16.4. The number of aromatic nitrogens is 1. The van der Waals surface area contributed by atoms with Gasteiger partial charge in [0.2, 0.25) is 0 Å². The minimum Gasteiger partial charge on any atom is -0.481 e. The summed E-state index contributed by atoms with van der Waals surface area (Å²) < 4.78 is 0. The number of carboxylic acids is 1. The molecule has 6 heteroatoms. The first-order valence-corrected chi connectivity index (χ1v) is 9.70. The van der Waals surface area contributed by atoms with E-state index in [4.69, 9.17) is 0 Å². The van der Waals surface area contributed by atoms with Gasteiger partial charge in [-0.05, 0) is 31.9 Å². The molecule has 26 heavy (non-hydrogen) atoms. The Morgan fingerprint density at radius 2 is 1.92 bits per heavy atom. The van der Waals surface area contributed by atoms with Crippen molar-refractivity contribution >= 4 is 11.9 Å². The summed E-state index contributed by atoms with van der Waals surface area (Å²) in [5, 5.41) is 10.0. The fourth-order valence-corrected chi connectivity index (χ4v) is 5.11. The molecule has 6 nitrogen and oxygen atoms in total. The Balaban J connectivity index is 1.51. The first kappa shape index (κ1) is 17.5. The number of carbonyl (C=O) groups excluding carboxylic acids is 1. The molecule has 140 valence electrons. The van der Waals surface area contributed by atoms with Crippen LogP contribution in [0.25, 0.3) is 0 Å². The number of likely N-dealkylation sites (tertiary alicyclic amines) is 2. The second kappa shape index (κ2) is 6.65. The lowest BCUT2D eigenvalue weighted by molar-refractivity contribution is -0.148. The maximum atomic E-state index is 12.8. The second-order valence-electron chi connectivity index (χ2n) is 8.23.